The molecule has 2 N–H and O–H groups in total. The summed E-state index contributed by atoms with van der Waals surface area (Å²) >= 11 is 0. The van der Waals surface area contributed by atoms with Crippen LogP contribution in [0, 0.1) is 0 Å². The van der Waals surface area contributed by atoms with Crippen LogP contribution in [0.5, 0.6) is 0 Å². The van der Waals surface area contributed by atoms with E-state index >= 15 is 0 Å². The van der Waals surface area contributed by atoms with Gasteiger partial charge in [-0.2, -0.15) is 0 Å². The van der Waals surface area contributed by atoms with Crippen LogP contribution in [0.15, 0.2) is 0 Å². The molecular weight excluding hydrogens is 307 g/mol. The molecule has 0 aliphatic heterocycles. The molecule has 0 heterocycles. The van der Waals surface area contributed by atoms with Crippen molar-refractivity contribution in [3.63, 3.8) is 0 Å². The Morgan fingerprint density at radius 1 is 0.952 bits per heavy atom. The van der Waals surface area contributed by atoms with E-state index in [9.17, 15) is 14.2 Å². The van der Waals surface area contributed by atoms with E-state index in [1.54, 1.807) is 0 Å². The van der Waals surface area contributed by atoms with E-state index in [4.69, 9.17) is 19.3 Å². The van der Waals surface area contributed by atoms with E-state index < -0.39 is 45.0 Å². The lowest BCUT2D eigenvalue weighted by molar-refractivity contribution is -0.144. The standard InChI is InChI=1S/C11H21O9P/c1-8(14)17-6-10(4-12)19-21(3,16)20-11(5-13)7-18-9(2)15/h10-13H,4-7H2,1-3H3. The highest BCUT2D eigenvalue weighted by atomic mass is 31.2. The predicted molar refractivity (Wildman–Crippen MR) is 70.7 cm³/mol. The van der Waals surface area contributed by atoms with Crippen LogP contribution in [0.1, 0.15) is 13.8 Å². The third-order valence-electron chi connectivity index (χ3n) is 2.03. The van der Waals surface area contributed by atoms with E-state index in [2.05, 4.69) is 9.47 Å². The maximum atomic E-state index is 12.1. The fourth-order valence-electron chi connectivity index (χ4n) is 1.22. The maximum Gasteiger partial charge on any atom is 0.328 e. The van der Waals surface area contributed by atoms with Gasteiger partial charge in [0.25, 0.3) is 0 Å². The lowest BCUT2D eigenvalue weighted by atomic mass is 10.4. The van der Waals surface area contributed by atoms with Crippen LogP contribution in [0.25, 0.3) is 0 Å². The summed E-state index contributed by atoms with van der Waals surface area (Å²) in [6.07, 6.45) is -2.06. The van der Waals surface area contributed by atoms with Gasteiger partial charge < -0.3 is 19.7 Å². The molecule has 124 valence electrons. The molecule has 0 rings (SSSR count). The summed E-state index contributed by atoms with van der Waals surface area (Å²) in [5, 5.41) is 18.1. The zero-order valence-electron chi connectivity index (χ0n) is 12.2. The Kier molecular flexibility index (Phi) is 9.39. The highest BCUT2D eigenvalue weighted by Crippen LogP contribution is 2.46. The average Bonchev–Trinajstić information content (AvgIpc) is 2.38. The first kappa shape index (κ1) is 20.0. The number of aliphatic hydroxyl groups excluding tert-OH is 2. The average molecular weight is 328 g/mol. The molecule has 0 saturated carbocycles. The van der Waals surface area contributed by atoms with Crippen LogP contribution in [0.2, 0.25) is 0 Å². The van der Waals surface area contributed by atoms with Crippen molar-refractivity contribution < 1.29 is 42.9 Å². The number of hydrogen-bond acceptors (Lipinski definition) is 9. The normalized spacial score (nSPS) is 16.6. The van der Waals surface area contributed by atoms with Crippen molar-refractivity contribution >= 4 is 19.5 Å². The molecule has 0 radical (unpaired) electrons. The van der Waals surface area contributed by atoms with Gasteiger partial charge in [0.1, 0.15) is 25.4 Å². The molecule has 10 heteroatoms. The first-order valence-corrected chi connectivity index (χ1v) is 8.12. The number of carbonyl (C=O) groups excluding carboxylic acids is 2. The minimum absolute atomic E-state index is 0.291. The molecule has 0 bridgehead atoms. The zero-order valence-corrected chi connectivity index (χ0v) is 13.1. The quantitative estimate of drug-likeness (QED) is 0.410. The molecule has 0 aromatic heterocycles. The molecule has 0 aliphatic carbocycles. The molecular formula is C11H21O9P. The summed E-state index contributed by atoms with van der Waals surface area (Å²) in [6, 6.07) is 0. The second kappa shape index (κ2) is 9.86. The van der Waals surface area contributed by atoms with Gasteiger partial charge in [-0.15, -0.1) is 0 Å². The summed E-state index contributed by atoms with van der Waals surface area (Å²) in [5.41, 5.74) is 0. The Hall–Kier alpha value is -0.990. The zero-order chi connectivity index (χ0) is 16.5. The molecule has 0 spiro atoms. The van der Waals surface area contributed by atoms with E-state index in [-0.39, 0.29) is 13.2 Å². The van der Waals surface area contributed by atoms with Crippen molar-refractivity contribution in [2.24, 2.45) is 0 Å². The van der Waals surface area contributed by atoms with Crippen LogP contribution in [-0.2, 0) is 32.7 Å². The van der Waals surface area contributed by atoms with Crippen LogP contribution in [0.3, 0.4) is 0 Å². The largest absolute Gasteiger partial charge is 0.463 e. The van der Waals surface area contributed by atoms with Gasteiger partial charge in [-0.1, -0.05) is 0 Å². The monoisotopic (exact) mass is 328 g/mol. The Bertz CT molecular complexity index is 352. The van der Waals surface area contributed by atoms with Gasteiger partial charge in [-0.25, -0.2) is 0 Å². The Balaban J connectivity index is 4.45. The van der Waals surface area contributed by atoms with Crippen molar-refractivity contribution in [3.8, 4) is 0 Å². The van der Waals surface area contributed by atoms with Crippen molar-refractivity contribution in [1.82, 2.24) is 0 Å². The van der Waals surface area contributed by atoms with Crippen molar-refractivity contribution in [2.75, 3.05) is 33.1 Å². The second-order valence-electron chi connectivity index (χ2n) is 4.20. The van der Waals surface area contributed by atoms with E-state index in [0.29, 0.717) is 0 Å². The summed E-state index contributed by atoms with van der Waals surface area (Å²) < 4.78 is 31.4. The first-order valence-electron chi connectivity index (χ1n) is 6.13. The number of hydrogen-bond donors (Lipinski definition) is 2. The van der Waals surface area contributed by atoms with Crippen molar-refractivity contribution in [1.29, 1.82) is 0 Å². The molecule has 2 unspecified atom stereocenters. The van der Waals surface area contributed by atoms with Gasteiger partial charge in [0.2, 0.25) is 0 Å². The number of rotatable bonds is 10. The highest BCUT2D eigenvalue weighted by molar-refractivity contribution is 7.53. The van der Waals surface area contributed by atoms with Gasteiger partial charge >= 0.3 is 19.5 Å². The molecule has 0 aromatic rings. The number of ether oxygens (including phenoxy) is 2. The fourth-order valence-corrected chi connectivity index (χ4v) is 2.61. The second-order valence-corrected chi connectivity index (χ2v) is 6.16. The van der Waals surface area contributed by atoms with Gasteiger partial charge in [-0.3, -0.25) is 23.2 Å². The van der Waals surface area contributed by atoms with Gasteiger partial charge in [0.05, 0.1) is 13.2 Å². The number of aliphatic hydroxyl groups is 2. The van der Waals surface area contributed by atoms with Crippen LogP contribution >= 0.6 is 7.60 Å². The fraction of sp³-hybridized carbons (Fsp3) is 0.818. The minimum atomic E-state index is -3.66. The Morgan fingerprint density at radius 2 is 1.29 bits per heavy atom. The molecule has 0 aliphatic rings. The molecule has 0 aromatic carbocycles. The Morgan fingerprint density at radius 3 is 1.52 bits per heavy atom. The molecule has 0 saturated heterocycles. The van der Waals surface area contributed by atoms with E-state index in [0.717, 1.165) is 6.66 Å². The van der Waals surface area contributed by atoms with Crippen molar-refractivity contribution in [3.05, 3.63) is 0 Å². The summed E-state index contributed by atoms with van der Waals surface area (Å²) in [7, 11) is -3.66. The van der Waals surface area contributed by atoms with E-state index in [1.807, 2.05) is 0 Å². The maximum absolute atomic E-state index is 12.1. The van der Waals surface area contributed by atoms with Crippen LogP contribution in [-0.4, -0.2) is 67.5 Å². The number of esters is 2. The van der Waals surface area contributed by atoms with Crippen molar-refractivity contribution in [2.45, 2.75) is 26.1 Å². The first-order chi connectivity index (χ1) is 9.70. The summed E-state index contributed by atoms with van der Waals surface area (Å²) in [4.78, 5) is 21.3. The molecule has 0 amide bonds. The molecule has 21 heavy (non-hydrogen) atoms. The third kappa shape index (κ3) is 10.4. The van der Waals surface area contributed by atoms with Gasteiger partial charge in [-0.05, 0) is 0 Å². The molecule has 2 atom stereocenters. The minimum Gasteiger partial charge on any atom is -0.463 e. The summed E-state index contributed by atoms with van der Waals surface area (Å²) in [6.45, 7) is 1.82. The third-order valence-corrected chi connectivity index (χ3v) is 3.40. The predicted octanol–water partition coefficient (Wildman–Crippen LogP) is -0.310. The lowest BCUT2D eigenvalue weighted by Crippen LogP contribution is -2.28. The van der Waals surface area contributed by atoms with E-state index in [1.165, 1.54) is 13.8 Å². The summed E-state index contributed by atoms with van der Waals surface area (Å²) in [5.74, 6) is -1.15. The highest BCUT2D eigenvalue weighted by Gasteiger charge is 2.28. The topological polar surface area (TPSA) is 129 Å². The Labute approximate surface area is 122 Å². The van der Waals surface area contributed by atoms with Gasteiger partial charge in [0.15, 0.2) is 0 Å². The smallest absolute Gasteiger partial charge is 0.328 e. The SMILES string of the molecule is CC(=O)OCC(CO)OP(C)(=O)OC(CO)COC(C)=O. The lowest BCUT2D eigenvalue weighted by Gasteiger charge is -2.24. The number of carbonyl (C=O) groups is 2. The van der Waals surface area contributed by atoms with Crippen LogP contribution < -0.4 is 0 Å². The van der Waals surface area contributed by atoms with Gasteiger partial charge in [0, 0.05) is 20.5 Å². The molecule has 9 nitrogen and oxygen atoms in total. The molecule has 0 fully saturated rings. The van der Waals surface area contributed by atoms with Crippen LogP contribution in [0.4, 0.5) is 0 Å².